The Bertz CT molecular complexity index is 1010. The summed E-state index contributed by atoms with van der Waals surface area (Å²) in [4.78, 5) is 34.3. The number of ether oxygens (including phenoxy) is 1. The second kappa shape index (κ2) is 13.4. The molecule has 0 aliphatic carbocycles. The van der Waals surface area contributed by atoms with Gasteiger partial charge >= 0.3 is 24.6 Å². The fourth-order valence-corrected chi connectivity index (χ4v) is 6.03. The molecule has 3 saturated heterocycles. The zero-order chi connectivity index (χ0) is 29.6. The number of benzene rings is 1. The predicted molar refractivity (Wildman–Crippen MR) is 131 cm³/mol. The minimum atomic E-state index is -5.72. The summed E-state index contributed by atoms with van der Waals surface area (Å²) in [5.41, 5.74) is 3.53. The highest BCUT2D eigenvalue weighted by atomic mass is 19.4. The van der Waals surface area contributed by atoms with E-state index in [0.29, 0.717) is 12.8 Å². The molecule has 4 rings (SSSR count). The number of hydrogen-bond donors (Lipinski definition) is 0. The third-order valence-electron chi connectivity index (χ3n) is 8.07. The molecule has 0 unspecified atom stereocenters. The molecule has 0 saturated carbocycles. The van der Waals surface area contributed by atoms with Crippen LogP contribution in [0.25, 0.3) is 0 Å². The minimum absolute atomic E-state index is 0.0618. The van der Waals surface area contributed by atoms with Gasteiger partial charge in [-0.2, -0.15) is 35.9 Å². The molecule has 7 nitrogen and oxygen atoms in total. The van der Waals surface area contributed by atoms with E-state index in [4.69, 9.17) is 9.59 Å². The molecular weight excluding hydrogens is 544 g/mol. The molecule has 3 heterocycles. The van der Waals surface area contributed by atoms with Crippen molar-refractivity contribution in [3.05, 3.63) is 34.9 Å². The summed E-state index contributed by atoms with van der Waals surface area (Å²) >= 11 is 0. The van der Waals surface area contributed by atoms with Crippen molar-refractivity contribution in [3.8, 4) is 0 Å². The monoisotopic (exact) mass is 579 g/mol. The van der Waals surface area contributed by atoms with E-state index in [-0.39, 0.29) is 24.8 Å². The lowest BCUT2D eigenvalue weighted by Crippen LogP contribution is -2.54. The van der Waals surface area contributed by atoms with Crippen LogP contribution in [0.4, 0.5) is 31.1 Å². The van der Waals surface area contributed by atoms with E-state index in [9.17, 15) is 31.1 Å². The van der Waals surface area contributed by atoms with Crippen LogP contribution in [0.2, 0.25) is 0 Å². The van der Waals surface area contributed by atoms with Gasteiger partial charge in [-0.15, -0.1) is 0 Å². The Morgan fingerprint density at radius 3 is 2.05 bits per heavy atom. The fraction of sp³-hybridized carbons (Fsp3) is 0.704. The summed E-state index contributed by atoms with van der Waals surface area (Å²) in [5.74, 6) is 0. The lowest BCUT2D eigenvalue weighted by Gasteiger charge is -2.45. The van der Waals surface area contributed by atoms with Crippen molar-refractivity contribution in [2.75, 3.05) is 32.7 Å². The summed E-state index contributed by atoms with van der Waals surface area (Å²) in [7, 11) is 0. The second-order valence-corrected chi connectivity index (χ2v) is 10.8. The molecule has 0 bridgehead atoms. The van der Waals surface area contributed by atoms with Crippen molar-refractivity contribution in [1.82, 2.24) is 14.7 Å². The van der Waals surface area contributed by atoms with E-state index in [0.717, 1.165) is 50.5 Å². The zero-order valence-corrected chi connectivity index (χ0v) is 22.5. The van der Waals surface area contributed by atoms with Crippen molar-refractivity contribution >= 4 is 12.2 Å². The lowest BCUT2D eigenvalue weighted by molar-refractivity contribution is -0.308. The van der Waals surface area contributed by atoms with Crippen molar-refractivity contribution < 1.29 is 45.5 Å². The largest absolute Gasteiger partial charge is 0.434 e. The van der Waals surface area contributed by atoms with Gasteiger partial charge in [0, 0.05) is 31.7 Å². The van der Waals surface area contributed by atoms with Gasteiger partial charge < -0.3 is 9.64 Å². The number of likely N-dealkylation sites (tertiary alicyclic amines) is 3. The van der Waals surface area contributed by atoms with Gasteiger partial charge in [0.2, 0.25) is 0 Å². The van der Waals surface area contributed by atoms with Crippen LogP contribution < -0.4 is 0 Å². The maximum absolute atomic E-state index is 12.8. The number of piperidine rings is 2. The first-order valence-corrected chi connectivity index (χ1v) is 13.4. The standard InChI is InChI=1S/C26H35F6N3O2.CO2/c1-19-6-7-20(21(16-19)17-33-11-3-2-4-12-33)18-35-13-5-8-24(35)9-14-34(15-10-24)23(36)37-22(25(27,28)29)26(30,31)32;2-1-3/h6-7,16,22H,2-5,8-15,17-18H2,1H3;. The van der Waals surface area contributed by atoms with Crippen molar-refractivity contribution in [2.45, 2.75) is 89.0 Å². The molecular formula is C27H35F6N3O4. The van der Waals surface area contributed by atoms with Crippen molar-refractivity contribution in [2.24, 2.45) is 0 Å². The lowest BCUT2D eigenvalue weighted by atomic mass is 9.84. The predicted octanol–water partition coefficient (Wildman–Crippen LogP) is 5.46. The SMILES string of the molecule is Cc1ccc(CN2CCCC23CCN(C(=O)OC(C(F)(F)F)C(F)(F)F)CC3)c(CN2CCCCC2)c1.O=C=O. The fourth-order valence-electron chi connectivity index (χ4n) is 6.03. The Morgan fingerprint density at radius 2 is 1.48 bits per heavy atom. The van der Waals surface area contributed by atoms with Crippen molar-refractivity contribution in [3.63, 3.8) is 0 Å². The van der Waals surface area contributed by atoms with Crippen LogP contribution in [0.3, 0.4) is 0 Å². The number of aryl methyl sites for hydroxylation is 1. The molecule has 0 radical (unpaired) electrons. The highest BCUT2D eigenvalue weighted by Gasteiger charge is 2.60. The molecule has 1 aromatic carbocycles. The molecule has 1 amide bonds. The second-order valence-electron chi connectivity index (χ2n) is 10.8. The third-order valence-corrected chi connectivity index (χ3v) is 8.07. The number of rotatable bonds is 5. The summed E-state index contributed by atoms with van der Waals surface area (Å²) in [6.07, 6.45) is -10.4. The molecule has 3 aliphatic rings. The maximum atomic E-state index is 12.8. The number of halogens is 6. The van der Waals surface area contributed by atoms with E-state index in [1.807, 2.05) is 0 Å². The molecule has 40 heavy (non-hydrogen) atoms. The van der Waals surface area contributed by atoms with Crippen LogP contribution in [0.5, 0.6) is 0 Å². The molecule has 3 aliphatic heterocycles. The van der Waals surface area contributed by atoms with Crippen LogP contribution in [0.15, 0.2) is 18.2 Å². The Balaban J connectivity index is 0.00000141. The summed E-state index contributed by atoms with van der Waals surface area (Å²) in [6, 6.07) is 6.51. The topological polar surface area (TPSA) is 70.2 Å². The van der Waals surface area contributed by atoms with Gasteiger partial charge in [-0.05, 0) is 76.2 Å². The molecule has 13 heteroatoms. The average molecular weight is 580 g/mol. The highest BCUT2D eigenvalue weighted by molar-refractivity contribution is 5.68. The number of alkyl halides is 6. The molecule has 0 aromatic heterocycles. The Hall–Kier alpha value is -2.63. The molecule has 0 atom stereocenters. The van der Waals surface area contributed by atoms with Gasteiger partial charge in [0.15, 0.2) is 0 Å². The first-order valence-electron chi connectivity index (χ1n) is 13.4. The Labute approximate surface area is 229 Å². The van der Waals surface area contributed by atoms with E-state index in [1.54, 1.807) is 0 Å². The minimum Gasteiger partial charge on any atom is -0.426 e. The van der Waals surface area contributed by atoms with E-state index in [2.05, 4.69) is 39.7 Å². The van der Waals surface area contributed by atoms with Gasteiger partial charge in [0.25, 0.3) is 6.10 Å². The Morgan fingerprint density at radius 1 is 0.875 bits per heavy atom. The van der Waals surface area contributed by atoms with Gasteiger partial charge in [-0.3, -0.25) is 9.80 Å². The number of carbonyl (C=O) groups excluding carboxylic acids is 3. The number of hydrogen-bond acceptors (Lipinski definition) is 6. The Kier molecular flexibility index (Phi) is 10.6. The van der Waals surface area contributed by atoms with Crippen LogP contribution in [-0.2, 0) is 27.4 Å². The first-order chi connectivity index (χ1) is 18.8. The van der Waals surface area contributed by atoms with Crippen molar-refractivity contribution in [1.29, 1.82) is 0 Å². The highest BCUT2D eigenvalue weighted by Crippen LogP contribution is 2.41. The number of nitrogens with zero attached hydrogens (tertiary/aromatic N) is 3. The quantitative estimate of drug-likeness (QED) is 0.432. The average Bonchev–Trinajstić information content (AvgIpc) is 3.25. The van der Waals surface area contributed by atoms with Crippen LogP contribution in [0, 0.1) is 6.92 Å². The summed E-state index contributed by atoms with van der Waals surface area (Å²) < 4.78 is 80.8. The van der Waals surface area contributed by atoms with E-state index in [1.165, 1.54) is 36.0 Å². The molecule has 3 fully saturated rings. The normalized spacial score (nSPS) is 20.2. The van der Waals surface area contributed by atoms with Crippen LogP contribution >= 0.6 is 0 Å². The van der Waals surface area contributed by atoms with E-state index >= 15 is 0 Å². The first kappa shape index (κ1) is 31.9. The van der Waals surface area contributed by atoms with E-state index < -0.39 is 24.5 Å². The zero-order valence-electron chi connectivity index (χ0n) is 22.5. The molecule has 0 N–H and O–H groups in total. The summed E-state index contributed by atoms with van der Waals surface area (Å²) in [6.45, 7) is 6.89. The molecule has 1 spiro atoms. The maximum Gasteiger partial charge on any atom is 0.434 e. The van der Waals surface area contributed by atoms with Crippen LogP contribution in [-0.4, -0.2) is 83.7 Å². The third kappa shape index (κ3) is 8.20. The van der Waals surface area contributed by atoms with Gasteiger partial charge in [-0.1, -0.05) is 30.2 Å². The van der Waals surface area contributed by atoms with Gasteiger partial charge in [0.05, 0.1) is 0 Å². The molecule has 224 valence electrons. The smallest absolute Gasteiger partial charge is 0.426 e. The van der Waals surface area contributed by atoms with Crippen LogP contribution in [0.1, 0.15) is 61.6 Å². The van der Waals surface area contributed by atoms with Gasteiger partial charge in [0.1, 0.15) is 0 Å². The number of amides is 1. The molecule has 1 aromatic rings. The summed E-state index contributed by atoms with van der Waals surface area (Å²) in [5, 5.41) is 0. The number of carbonyl (C=O) groups is 1. The van der Waals surface area contributed by atoms with Gasteiger partial charge in [-0.25, -0.2) is 4.79 Å².